The number of carbonyl (C=O) groups is 2. The molecule has 0 heterocycles. The summed E-state index contributed by atoms with van der Waals surface area (Å²) in [6, 6.07) is 5.47. The lowest BCUT2D eigenvalue weighted by atomic mass is 10.1. The van der Waals surface area contributed by atoms with Gasteiger partial charge in [-0.25, -0.2) is 18.4 Å². The van der Waals surface area contributed by atoms with E-state index in [4.69, 9.17) is 20.3 Å². The van der Waals surface area contributed by atoms with Crippen LogP contribution in [0.4, 0.5) is 27.5 Å². The molecule has 0 bridgehead atoms. The number of nitrogens with one attached hydrogen (secondary N) is 2. The molecule has 2 amide bonds. The molecule has 240 valence electrons. The van der Waals surface area contributed by atoms with E-state index < -0.39 is 53.7 Å². The highest BCUT2D eigenvalue weighted by atomic mass is 32.2. The molecule has 0 atom stereocenters. The molecule has 0 unspecified atom stereocenters. The highest BCUT2D eigenvalue weighted by Crippen LogP contribution is 2.36. The van der Waals surface area contributed by atoms with E-state index in [1.165, 1.54) is 17.0 Å². The number of nitrogens with two attached hydrogens (primary N) is 2. The molecule has 0 saturated carbocycles. The van der Waals surface area contributed by atoms with Gasteiger partial charge >= 0.3 is 6.09 Å². The van der Waals surface area contributed by atoms with E-state index in [0.29, 0.717) is 6.42 Å². The number of nitro benzene ring substituents is 2. The number of nitro groups is 2. The molecule has 0 aliphatic heterocycles. The summed E-state index contributed by atoms with van der Waals surface area (Å²) in [5.74, 6) is -0.906. The van der Waals surface area contributed by atoms with Gasteiger partial charge in [0.15, 0.2) is 5.69 Å². The second kappa shape index (κ2) is 15.0. The highest BCUT2D eigenvalue weighted by molar-refractivity contribution is 7.89. The quantitative estimate of drug-likeness (QED) is 0.0951. The lowest BCUT2D eigenvalue weighted by Gasteiger charge is -2.24. The Balaban J connectivity index is 2.11. The van der Waals surface area contributed by atoms with Crippen LogP contribution in [-0.2, 0) is 14.8 Å². The van der Waals surface area contributed by atoms with Crippen molar-refractivity contribution < 1.29 is 37.3 Å². The molecule has 0 radical (unpaired) electrons. The minimum absolute atomic E-state index is 0.00924. The standard InChI is InChI=1S/C26H35N7O10S/c1-26(2,3)43-25(35)31(4)12-7-13-42-22-15-17(24(27)34)14-21(33(38)39)23(22)30-11-6-5-10-29-19-9-8-18(44(28,40)41)16-20(19)32(36)37/h5-6,8-9,14-16,29-30H,7,10-13H2,1-4H3,(H2,27,34)(H2,28,40,41)/b6-5+. The Morgan fingerprint density at radius 3 is 2.18 bits per heavy atom. The molecule has 0 aliphatic rings. The Labute approximate surface area is 253 Å². The Kier molecular flexibility index (Phi) is 12.0. The van der Waals surface area contributed by atoms with Crippen molar-refractivity contribution in [1.29, 1.82) is 0 Å². The van der Waals surface area contributed by atoms with Gasteiger partial charge in [0, 0.05) is 44.4 Å². The molecule has 6 N–H and O–H groups in total. The first kappa shape index (κ1) is 35.2. The smallest absolute Gasteiger partial charge is 0.410 e. The number of amides is 2. The first-order valence-electron chi connectivity index (χ1n) is 13.0. The Morgan fingerprint density at radius 1 is 1.02 bits per heavy atom. The molecular weight excluding hydrogens is 602 g/mol. The minimum atomic E-state index is -4.14. The lowest BCUT2D eigenvalue weighted by molar-refractivity contribution is -0.384. The molecule has 0 aromatic heterocycles. The SMILES string of the molecule is CN(CCCOc1cc(C(N)=O)cc([N+](=O)[O-])c1NC/C=C/CNc1ccc(S(N)(=O)=O)cc1[N+](=O)[O-])C(=O)OC(C)(C)C. The van der Waals surface area contributed by atoms with E-state index in [1.807, 2.05) is 0 Å². The largest absolute Gasteiger partial charge is 0.491 e. The average molecular weight is 638 g/mol. The van der Waals surface area contributed by atoms with Crippen LogP contribution in [0.1, 0.15) is 37.6 Å². The number of carbonyl (C=O) groups excluding carboxylic acids is 2. The molecule has 0 spiro atoms. The van der Waals surface area contributed by atoms with Gasteiger partial charge in [-0.3, -0.25) is 25.0 Å². The van der Waals surface area contributed by atoms with E-state index in [2.05, 4.69) is 10.6 Å². The predicted octanol–water partition coefficient (Wildman–Crippen LogP) is 2.97. The topological polar surface area (TPSA) is 252 Å². The fourth-order valence-electron chi connectivity index (χ4n) is 3.58. The van der Waals surface area contributed by atoms with Gasteiger partial charge in [0.2, 0.25) is 15.9 Å². The van der Waals surface area contributed by atoms with Crippen LogP contribution in [-0.4, -0.2) is 74.1 Å². The first-order chi connectivity index (χ1) is 20.4. The van der Waals surface area contributed by atoms with E-state index in [1.54, 1.807) is 40.0 Å². The van der Waals surface area contributed by atoms with Crippen LogP contribution in [0.25, 0.3) is 0 Å². The van der Waals surface area contributed by atoms with Crippen molar-refractivity contribution in [2.75, 3.05) is 43.9 Å². The number of anilines is 2. The highest BCUT2D eigenvalue weighted by Gasteiger charge is 2.23. The van der Waals surface area contributed by atoms with Crippen LogP contribution < -0.4 is 26.2 Å². The summed E-state index contributed by atoms with van der Waals surface area (Å²) in [5.41, 5.74) is 3.62. The van der Waals surface area contributed by atoms with E-state index >= 15 is 0 Å². The zero-order valence-electron chi connectivity index (χ0n) is 24.6. The van der Waals surface area contributed by atoms with Crippen molar-refractivity contribution in [3.63, 3.8) is 0 Å². The Hall–Kier alpha value is -4.97. The zero-order valence-corrected chi connectivity index (χ0v) is 25.4. The third kappa shape index (κ3) is 10.7. The number of ether oxygens (including phenoxy) is 2. The van der Waals surface area contributed by atoms with Crippen LogP contribution in [0, 0.1) is 20.2 Å². The van der Waals surface area contributed by atoms with Crippen molar-refractivity contribution in [1.82, 2.24) is 4.90 Å². The van der Waals surface area contributed by atoms with Crippen LogP contribution in [0.2, 0.25) is 0 Å². The number of nitrogens with zero attached hydrogens (tertiary/aromatic N) is 3. The molecule has 2 aromatic carbocycles. The fourth-order valence-corrected chi connectivity index (χ4v) is 4.11. The maximum absolute atomic E-state index is 12.1. The lowest BCUT2D eigenvalue weighted by Crippen LogP contribution is -2.35. The second-order valence-electron chi connectivity index (χ2n) is 10.3. The summed E-state index contributed by atoms with van der Waals surface area (Å²) in [4.78, 5) is 46.6. The molecule has 0 aliphatic carbocycles. The molecule has 0 fully saturated rings. The van der Waals surface area contributed by atoms with Gasteiger partial charge in [0.05, 0.1) is 21.3 Å². The summed E-state index contributed by atoms with van der Waals surface area (Å²) >= 11 is 0. The van der Waals surface area contributed by atoms with Crippen molar-refractivity contribution in [2.24, 2.45) is 10.9 Å². The van der Waals surface area contributed by atoms with Gasteiger partial charge in [0.1, 0.15) is 17.0 Å². The molecular formula is C26H35N7O10S. The van der Waals surface area contributed by atoms with Gasteiger partial charge < -0.3 is 30.7 Å². The summed E-state index contributed by atoms with van der Waals surface area (Å²) in [5, 5.41) is 33.8. The Bertz CT molecular complexity index is 1540. The monoisotopic (exact) mass is 637 g/mol. The van der Waals surface area contributed by atoms with Crippen LogP contribution >= 0.6 is 0 Å². The van der Waals surface area contributed by atoms with Gasteiger partial charge in [-0.2, -0.15) is 0 Å². The molecule has 17 nitrogen and oxygen atoms in total. The van der Waals surface area contributed by atoms with Crippen LogP contribution in [0.3, 0.4) is 0 Å². The van der Waals surface area contributed by atoms with Gasteiger partial charge in [0.25, 0.3) is 11.4 Å². The number of primary amides is 1. The van der Waals surface area contributed by atoms with Crippen molar-refractivity contribution in [3.8, 4) is 5.75 Å². The number of hydrogen-bond acceptors (Lipinski definition) is 12. The molecule has 2 aromatic rings. The maximum atomic E-state index is 12.1. The van der Waals surface area contributed by atoms with Crippen molar-refractivity contribution in [3.05, 3.63) is 68.3 Å². The van der Waals surface area contributed by atoms with Gasteiger partial charge in [-0.15, -0.1) is 0 Å². The number of sulfonamides is 1. The summed E-state index contributed by atoms with van der Waals surface area (Å²) in [7, 11) is -2.58. The third-order valence-electron chi connectivity index (χ3n) is 5.63. The van der Waals surface area contributed by atoms with Crippen molar-refractivity contribution >= 4 is 44.8 Å². The first-order valence-corrected chi connectivity index (χ1v) is 14.6. The summed E-state index contributed by atoms with van der Waals surface area (Å²) in [6.45, 7) is 5.63. The summed E-state index contributed by atoms with van der Waals surface area (Å²) in [6.07, 6.45) is 2.95. The number of primary sulfonamides is 1. The van der Waals surface area contributed by atoms with Gasteiger partial charge in [-0.05, 0) is 45.4 Å². The van der Waals surface area contributed by atoms with Crippen molar-refractivity contribution in [2.45, 2.75) is 37.7 Å². The maximum Gasteiger partial charge on any atom is 0.410 e. The zero-order chi connectivity index (χ0) is 33.2. The molecule has 18 heteroatoms. The predicted molar refractivity (Wildman–Crippen MR) is 161 cm³/mol. The van der Waals surface area contributed by atoms with Crippen LogP contribution in [0.5, 0.6) is 5.75 Å². The number of rotatable bonds is 15. The fraction of sp³-hybridized carbons (Fsp3) is 0.385. The van der Waals surface area contributed by atoms with E-state index in [0.717, 1.165) is 18.2 Å². The van der Waals surface area contributed by atoms with E-state index in [9.17, 15) is 38.2 Å². The summed E-state index contributed by atoms with van der Waals surface area (Å²) < 4.78 is 34.0. The third-order valence-corrected chi connectivity index (χ3v) is 6.54. The average Bonchev–Trinajstić information content (AvgIpc) is 2.91. The Morgan fingerprint density at radius 2 is 1.64 bits per heavy atom. The van der Waals surface area contributed by atoms with Gasteiger partial charge in [-0.1, -0.05) is 12.2 Å². The molecule has 2 rings (SSSR count). The number of benzene rings is 2. The molecule has 44 heavy (non-hydrogen) atoms. The molecule has 0 saturated heterocycles. The minimum Gasteiger partial charge on any atom is -0.491 e. The second-order valence-corrected chi connectivity index (χ2v) is 11.9. The van der Waals surface area contributed by atoms with Crippen LogP contribution in [0.15, 0.2) is 47.4 Å². The number of hydrogen-bond donors (Lipinski definition) is 4. The normalized spacial score (nSPS) is 11.6. The van der Waals surface area contributed by atoms with E-state index in [-0.39, 0.29) is 48.9 Å².